The molecule has 0 bridgehead atoms. The molecule has 1 aromatic carbocycles. The van der Waals surface area contributed by atoms with E-state index in [1.807, 2.05) is 25.1 Å². The highest BCUT2D eigenvalue weighted by Gasteiger charge is 2.25. The normalized spacial score (nSPS) is 16.2. The molecule has 1 aliphatic rings. The number of rotatable bonds is 10. The average Bonchev–Trinajstić information content (AvgIpc) is 2.71. The number of ether oxygens (including phenoxy) is 2. The van der Waals surface area contributed by atoms with Gasteiger partial charge in [0.2, 0.25) is 5.91 Å². The fourth-order valence-corrected chi connectivity index (χ4v) is 3.35. The summed E-state index contributed by atoms with van der Waals surface area (Å²) in [5.41, 5.74) is 1.02. The number of hydrogen-bond donors (Lipinski definition) is 1. The molecule has 0 radical (unpaired) electrons. The van der Waals surface area contributed by atoms with Crippen LogP contribution in [0.15, 0.2) is 18.2 Å². The van der Waals surface area contributed by atoms with Crippen molar-refractivity contribution in [2.24, 2.45) is 5.92 Å². The summed E-state index contributed by atoms with van der Waals surface area (Å²) in [7, 11) is 0. The molecule has 0 saturated carbocycles. The Kier molecular flexibility index (Phi) is 9.16. The highest BCUT2D eigenvalue weighted by atomic mass is 16.5. The van der Waals surface area contributed by atoms with Crippen molar-refractivity contribution < 1.29 is 14.3 Å². The third kappa shape index (κ3) is 6.45. The number of carbonyl (C=O) groups excluding carboxylic acids is 1. The summed E-state index contributed by atoms with van der Waals surface area (Å²) < 4.78 is 11.7. The van der Waals surface area contributed by atoms with Gasteiger partial charge in [0.1, 0.15) is 0 Å². The lowest BCUT2D eigenvalue weighted by Crippen LogP contribution is -2.41. The predicted octanol–water partition coefficient (Wildman–Crippen LogP) is 3.79. The second-order valence-electron chi connectivity index (χ2n) is 7.39. The van der Waals surface area contributed by atoms with E-state index in [1.165, 1.54) is 0 Å². The highest BCUT2D eigenvalue weighted by Crippen LogP contribution is 2.31. The van der Waals surface area contributed by atoms with Crippen molar-refractivity contribution in [1.82, 2.24) is 10.2 Å². The summed E-state index contributed by atoms with van der Waals surface area (Å²) in [6, 6.07) is 5.85. The molecule has 1 aromatic rings. The van der Waals surface area contributed by atoms with Crippen LogP contribution < -0.4 is 14.8 Å². The first-order valence-corrected chi connectivity index (χ1v) is 10.4. The number of hydrogen-bond acceptors (Lipinski definition) is 4. The Morgan fingerprint density at radius 1 is 1.21 bits per heavy atom. The van der Waals surface area contributed by atoms with Crippen molar-refractivity contribution in [3.63, 3.8) is 0 Å². The van der Waals surface area contributed by atoms with Gasteiger partial charge in [-0.15, -0.1) is 6.42 Å². The first-order chi connectivity index (χ1) is 13.6. The number of terminal acetylenes is 1. The first-order valence-electron chi connectivity index (χ1n) is 10.4. The van der Waals surface area contributed by atoms with Crippen LogP contribution in [0.25, 0.3) is 0 Å². The Bertz CT molecular complexity index is 660. The Labute approximate surface area is 169 Å². The van der Waals surface area contributed by atoms with E-state index in [2.05, 4.69) is 30.0 Å². The van der Waals surface area contributed by atoms with Crippen molar-refractivity contribution in [3.8, 4) is 23.8 Å². The molecule has 1 atom stereocenters. The third-order valence-electron chi connectivity index (χ3n) is 5.02. The zero-order chi connectivity index (χ0) is 20.4. The molecule has 1 saturated heterocycles. The van der Waals surface area contributed by atoms with E-state index < -0.39 is 0 Å². The van der Waals surface area contributed by atoms with Crippen LogP contribution in [0.3, 0.4) is 0 Å². The molecule has 1 heterocycles. The van der Waals surface area contributed by atoms with Gasteiger partial charge in [0.05, 0.1) is 25.8 Å². The molecule has 1 unspecified atom stereocenters. The Balaban J connectivity index is 1.97. The summed E-state index contributed by atoms with van der Waals surface area (Å²) in [5, 5.41) is 3.16. The predicted molar refractivity (Wildman–Crippen MR) is 113 cm³/mol. The number of nitrogens with one attached hydrogen (secondary N) is 1. The standard InChI is InChI=1S/C23H34N2O3/c1-5-12-25-13-10-19(11-14-25)23(26)24-18(4)20-8-9-21(27-15-6-2)22(17-20)28-16-7-3/h1,8-9,17-19H,6-7,10-16H2,2-4H3,(H,24,26). The lowest BCUT2D eigenvalue weighted by Gasteiger charge is -2.30. The average molecular weight is 387 g/mol. The van der Waals surface area contributed by atoms with Crippen molar-refractivity contribution in [3.05, 3.63) is 23.8 Å². The Morgan fingerprint density at radius 2 is 1.86 bits per heavy atom. The van der Waals surface area contributed by atoms with Gasteiger partial charge in [-0.1, -0.05) is 25.8 Å². The van der Waals surface area contributed by atoms with Crippen LogP contribution in [-0.4, -0.2) is 43.7 Å². The number of amides is 1. The van der Waals surface area contributed by atoms with Crippen LogP contribution in [0.5, 0.6) is 11.5 Å². The maximum absolute atomic E-state index is 12.7. The number of benzene rings is 1. The van der Waals surface area contributed by atoms with E-state index in [-0.39, 0.29) is 17.9 Å². The molecule has 1 fully saturated rings. The molecular weight excluding hydrogens is 352 g/mol. The zero-order valence-corrected chi connectivity index (χ0v) is 17.5. The summed E-state index contributed by atoms with van der Waals surface area (Å²) >= 11 is 0. The van der Waals surface area contributed by atoms with Gasteiger partial charge in [-0.3, -0.25) is 9.69 Å². The van der Waals surface area contributed by atoms with Gasteiger partial charge in [-0.25, -0.2) is 0 Å². The van der Waals surface area contributed by atoms with Crippen LogP contribution in [0.4, 0.5) is 0 Å². The molecule has 2 rings (SSSR count). The lowest BCUT2D eigenvalue weighted by molar-refractivity contribution is -0.127. The summed E-state index contributed by atoms with van der Waals surface area (Å²) in [6.45, 7) is 9.90. The molecule has 5 nitrogen and oxygen atoms in total. The van der Waals surface area contributed by atoms with Gasteiger partial charge in [0.25, 0.3) is 0 Å². The molecule has 28 heavy (non-hydrogen) atoms. The maximum atomic E-state index is 12.7. The second kappa shape index (κ2) is 11.6. The van der Waals surface area contributed by atoms with E-state index in [0.717, 1.165) is 55.8 Å². The van der Waals surface area contributed by atoms with E-state index in [4.69, 9.17) is 15.9 Å². The summed E-state index contributed by atoms with van der Waals surface area (Å²) in [6.07, 6.45) is 8.96. The van der Waals surface area contributed by atoms with Crippen molar-refractivity contribution >= 4 is 5.91 Å². The van der Waals surface area contributed by atoms with Gasteiger partial charge in [0, 0.05) is 5.92 Å². The fourth-order valence-electron chi connectivity index (χ4n) is 3.35. The third-order valence-corrected chi connectivity index (χ3v) is 5.02. The summed E-state index contributed by atoms with van der Waals surface area (Å²) in [5.74, 6) is 4.36. The molecule has 154 valence electrons. The number of nitrogens with zero attached hydrogens (tertiary/aromatic N) is 1. The number of carbonyl (C=O) groups is 1. The quantitative estimate of drug-likeness (QED) is 0.622. The van der Waals surface area contributed by atoms with Crippen molar-refractivity contribution in [2.45, 2.75) is 52.5 Å². The molecule has 0 aliphatic carbocycles. The SMILES string of the molecule is C#CCN1CCC(C(=O)NC(C)c2ccc(OCCC)c(OCCC)c2)CC1. The van der Waals surface area contributed by atoms with Crippen LogP contribution in [-0.2, 0) is 4.79 Å². The molecule has 5 heteroatoms. The van der Waals surface area contributed by atoms with Crippen LogP contribution in [0, 0.1) is 18.3 Å². The lowest BCUT2D eigenvalue weighted by atomic mass is 9.95. The van der Waals surface area contributed by atoms with Crippen LogP contribution in [0.2, 0.25) is 0 Å². The van der Waals surface area contributed by atoms with Crippen LogP contribution >= 0.6 is 0 Å². The number of likely N-dealkylation sites (tertiary alicyclic amines) is 1. The molecular formula is C23H34N2O3. The Morgan fingerprint density at radius 3 is 2.46 bits per heavy atom. The van der Waals surface area contributed by atoms with Gasteiger partial charge < -0.3 is 14.8 Å². The summed E-state index contributed by atoms with van der Waals surface area (Å²) in [4.78, 5) is 14.9. The van der Waals surface area contributed by atoms with E-state index in [0.29, 0.717) is 19.8 Å². The minimum Gasteiger partial charge on any atom is -0.490 e. The molecule has 1 N–H and O–H groups in total. The molecule has 1 aliphatic heterocycles. The van der Waals surface area contributed by atoms with Gasteiger partial charge >= 0.3 is 0 Å². The Hall–Kier alpha value is -2.19. The van der Waals surface area contributed by atoms with E-state index in [1.54, 1.807) is 0 Å². The molecule has 0 spiro atoms. The second-order valence-corrected chi connectivity index (χ2v) is 7.39. The van der Waals surface area contributed by atoms with Gasteiger partial charge in [-0.05, 0) is 63.4 Å². The fraction of sp³-hybridized carbons (Fsp3) is 0.609. The maximum Gasteiger partial charge on any atom is 0.223 e. The monoisotopic (exact) mass is 386 g/mol. The molecule has 1 amide bonds. The smallest absolute Gasteiger partial charge is 0.223 e. The van der Waals surface area contributed by atoms with E-state index in [9.17, 15) is 4.79 Å². The minimum atomic E-state index is -0.0829. The largest absolute Gasteiger partial charge is 0.490 e. The van der Waals surface area contributed by atoms with E-state index >= 15 is 0 Å². The van der Waals surface area contributed by atoms with Crippen molar-refractivity contribution in [2.75, 3.05) is 32.8 Å². The van der Waals surface area contributed by atoms with Gasteiger partial charge in [0.15, 0.2) is 11.5 Å². The molecule has 0 aromatic heterocycles. The zero-order valence-electron chi connectivity index (χ0n) is 17.5. The minimum absolute atomic E-state index is 0.0550. The van der Waals surface area contributed by atoms with Crippen molar-refractivity contribution in [1.29, 1.82) is 0 Å². The van der Waals surface area contributed by atoms with Crippen LogP contribution in [0.1, 0.15) is 58.1 Å². The highest BCUT2D eigenvalue weighted by molar-refractivity contribution is 5.79. The first kappa shape index (κ1) is 22.1. The van der Waals surface area contributed by atoms with Gasteiger partial charge in [-0.2, -0.15) is 0 Å². The topological polar surface area (TPSA) is 50.8 Å². The number of piperidine rings is 1.